The highest BCUT2D eigenvalue weighted by Gasteiger charge is 2.30. The van der Waals surface area contributed by atoms with E-state index in [2.05, 4.69) is 12.2 Å². The molecule has 0 saturated carbocycles. The van der Waals surface area contributed by atoms with Crippen molar-refractivity contribution in [1.29, 1.82) is 0 Å². The number of aliphatic carboxylic acids is 1. The second-order valence-electron chi connectivity index (χ2n) is 4.80. The molecule has 1 atom stereocenters. The molecule has 3 heteroatoms. The fourth-order valence-electron chi connectivity index (χ4n) is 1.39. The SMILES string of the molecule is CCCCCN[C@H](C(=O)O)C(C)(C)C. The minimum Gasteiger partial charge on any atom is -0.480 e. The molecule has 0 aliphatic heterocycles. The van der Waals surface area contributed by atoms with Gasteiger partial charge in [-0.05, 0) is 18.4 Å². The van der Waals surface area contributed by atoms with Crippen molar-refractivity contribution in [3.05, 3.63) is 0 Å². The number of rotatable bonds is 6. The lowest BCUT2D eigenvalue weighted by molar-refractivity contribution is -0.142. The lowest BCUT2D eigenvalue weighted by atomic mass is 9.87. The molecule has 0 unspecified atom stereocenters. The van der Waals surface area contributed by atoms with E-state index in [-0.39, 0.29) is 5.41 Å². The summed E-state index contributed by atoms with van der Waals surface area (Å²) in [6.45, 7) is 8.76. The van der Waals surface area contributed by atoms with Crippen LogP contribution in [0, 0.1) is 5.41 Å². The molecule has 0 aliphatic carbocycles. The average Bonchev–Trinajstić information content (AvgIpc) is 2.01. The zero-order chi connectivity index (χ0) is 11.2. The lowest BCUT2D eigenvalue weighted by Gasteiger charge is -2.27. The molecule has 84 valence electrons. The molecular weight excluding hydrogens is 178 g/mol. The monoisotopic (exact) mass is 201 g/mol. The van der Waals surface area contributed by atoms with E-state index >= 15 is 0 Å². The topological polar surface area (TPSA) is 49.3 Å². The third-order valence-electron chi connectivity index (χ3n) is 2.24. The van der Waals surface area contributed by atoms with Gasteiger partial charge in [-0.15, -0.1) is 0 Å². The van der Waals surface area contributed by atoms with Gasteiger partial charge in [-0.2, -0.15) is 0 Å². The van der Waals surface area contributed by atoms with Crippen molar-refractivity contribution in [2.75, 3.05) is 6.54 Å². The maximum Gasteiger partial charge on any atom is 0.321 e. The van der Waals surface area contributed by atoms with Crippen molar-refractivity contribution in [2.24, 2.45) is 5.41 Å². The first-order valence-electron chi connectivity index (χ1n) is 5.35. The predicted octanol–water partition coefficient (Wildman–Crippen LogP) is 2.27. The molecule has 0 rings (SSSR count). The van der Waals surface area contributed by atoms with Gasteiger partial charge in [-0.1, -0.05) is 40.5 Å². The summed E-state index contributed by atoms with van der Waals surface area (Å²) in [5.74, 6) is -0.756. The van der Waals surface area contributed by atoms with Crippen LogP contribution in [0.2, 0.25) is 0 Å². The van der Waals surface area contributed by atoms with Gasteiger partial charge in [0, 0.05) is 0 Å². The second kappa shape index (κ2) is 6.02. The van der Waals surface area contributed by atoms with Gasteiger partial charge in [0.2, 0.25) is 0 Å². The molecular formula is C11H23NO2. The van der Waals surface area contributed by atoms with Crippen LogP contribution in [-0.4, -0.2) is 23.7 Å². The van der Waals surface area contributed by atoms with Crippen LogP contribution in [0.3, 0.4) is 0 Å². The third kappa shape index (κ3) is 5.22. The Morgan fingerprint density at radius 1 is 1.36 bits per heavy atom. The van der Waals surface area contributed by atoms with Crippen LogP contribution in [0.5, 0.6) is 0 Å². The van der Waals surface area contributed by atoms with Gasteiger partial charge in [-0.25, -0.2) is 0 Å². The summed E-state index contributed by atoms with van der Waals surface area (Å²) in [4.78, 5) is 10.9. The fraction of sp³-hybridized carbons (Fsp3) is 0.909. The van der Waals surface area contributed by atoms with Crippen molar-refractivity contribution in [3.8, 4) is 0 Å². The van der Waals surface area contributed by atoms with E-state index in [0.29, 0.717) is 0 Å². The van der Waals surface area contributed by atoms with Crippen LogP contribution in [0.1, 0.15) is 47.0 Å². The van der Waals surface area contributed by atoms with Crippen molar-refractivity contribution in [3.63, 3.8) is 0 Å². The Hall–Kier alpha value is -0.570. The Morgan fingerprint density at radius 2 is 1.93 bits per heavy atom. The Bertz CT molecular complexity index is 173. The first-order chi connectivity index (χ1) is 6.39. The maximum atomic E-state index is 10.9. The maximum absolute atomic E-state index is 10.9. The van der Waals surface area contributed by atoms with Crippen LogP contribution in [0.4, 0.5) is 0 Å². The minimum atomic E-state index is -0.756. The molecule has 0 heterocycles. The average molecular weight is 201 g/mol. The largest absolute Gasteiger partial charge is 0.480 e. The number of hydrogen-bond donors (Lipinski definition) is 2. The summed E-state index contributed by atoms with van der Waals surface area (Å²) in [6.07, 6.45) is 3.37. The summed E-state index contributed by atoms with van der Waals surface area (Å²) in [7, 11) is 0. The fourth-order valence-corrected chi connectivity index (χ4v) is 1.39. The normalized spacial score (nSPS) is 14.0. The van der Waals surface area contributed by atoms with E-state index in [4.69, 9.17) is 5.11 Å². The number of carbonyl (C=O) groups is 1. The van der Waals surface area contributed by atoms with Crippen molar-refractivity contribution in [1.82, 2.24) is 5.32 Å². The van der Waals surface area contributed by atoms with Gasteiger partial charge in [0.05, 0.1) is 0 Å². The number of carboxylic acids is 1. The quantitative estimate of drug-likeness (QED) is 0.648. The molecule has 0 spiro atoms. The van der Waals surface area contributed by atoms with Gasteiger partial charge >= 0.3 is 5.97 Å². The third-order valence-corrected chi connectivity index (χ3v) is 2.24. The Labute approximate surface area is 86.9 Å². The van der Waals surface area contributed by atoms with Crippen LogP contribution in [0.25, 0.3) is 0 Å². The Balaban J connectivity index is 3.94. The molecule has 0 fully saturated rings. The zero-order valence-corrected chi connectivity index (χ0v) is 9.76. The first-order valence-corrected chi connectivity index (χ1v) is 5.35. The van der Waals surface area contributed by atoms with E-state index in [1.165, 1.54) is 0 Å². The number of unbranched alkanes of at least 4 members (excludes halogenated alkanes) is 2. The molecule has 0 bridgehead atoms. The molecule has 14 heavy (non-hydrogen) atoms. The smallest absolute Gasteiger partial charge is 0.321 e. The van der Waals surface area contributed by atoms with Gasteiger partial charge in [0.15, 0.2) is 0 Å². The molecule has 0 aromatic heterocycles. The summed E-state index contributed by atoms with van der Waals surface area (Å²) >= 11 is 0. The van der Waals surface area contributed by atoms with Gasteiger partial charge in [0.1, 0.15) is 6.04 Å². The standard InChI is InChI=1S/C11H23NO2/c1-5-6-7-8-12-9(10(13)14)11(2,3)4/h9,12H,5-8H2,1-4H3,(H,13,14)/t9-/m1/s1. The number of carboxylic acid groups (broad SMARTS) is 1. The van der Waals surface area contributed by atoms with Crippen LogP contribution in [-0.2, 0) is 4.79 Å². The Kier molecular flexibility index (Phi) is 5.77. The highest BCUT2D eigenvalue weighted by Crippen LogP contribution is 2.19. The molecule has 2 N–H and O–H groups in total. The first kappa shape index (κ1) is 13.4. The molecule has 0 amide bonds. The lowest BCUT2D eigenvalue weighted by Crippen LogP contribution is -2.46. The summed E-state index contributed by atoms with van der Waals surface area (Å²) in [5.41, 5.74) is -0.224. The highest BCUT2D eigenvalue weighted by atomic mass is 16.4. The summed E-state index contributed by atoms with van der Waals surface area (Å²) in [5, 5.41) is 12.1. The van der Waals surface area contributed by atoms with Crippen molar-refractivity contribution in [2.45, 2.75) is 53.0 Å². The molecule has 0 aliphatic rings. The van der Waals surface area contributed by atoms with Gasteiger partial charge in [-0.3, -0.25) is 4.79 Å². The molecule has 0 saturated heterocycles. The minimum absolute atomic E-state index is 0.224. The molecule has 0 radical (unpaired) electrons. The van der Waals surface area contributed by atoms with E-state index < -0.39 is 12.0 Å². The molecule has 0 aromatic carbocycles. The number of nitrogens with one attached hydrogen (secondary N) is 1. The van der Waals surface area contributed by atoms with Crippen LogP contribution < -0.4 is 5.32 Å². The van der Waals surface area contributed by atoms with E-state index in [1.807, 2.05) is 20.8 Å². The molecule has 3 nitrogen and oxygen atoms in total. The summed E-state index contributed by atoms with van der Waals surface area (Å²) < 4.78 is 0. The van der Waals surface area contributed by atoms with E-state index in [0.717, 1.165) is 25.8 Å². The summed E-state index contributed by atoms with van der Waals surface area (Å²) in [6, 6.07) is -0.445. The van der Waals surface area contributed by atoms with Crippen molar-refractivity contribution >= 4 is 5.97 Å². The molecule has 0 aromatic rings. The second-order valence-corrected chi connectivity index (χ2v) is 4.80. The zero-order valence-electron chi connectivity index (χ0n) is 9.76. The van der Waals surface area contributed by atoms with Gasteiger partial charge < -0.3 is 10.4 Å². The van der Waals surface area contributed by atoms with E-state index in [1.54, 1.807) is 0 Å². The van der Waals surface area contributed by atoms with Crippen LogP contribution in [0.15, 0.2) is 0 Å². The highest BCUT2D eigenvalue weighted by molar-refractivity contribution is 5.74. The van der Waals surface area contributed by atoms with Crippen LogP contribution >= 0.6 is 0 Å². The number of hydrogen-bond acceptors (Lipinski definition) is 2. The predicted molar refractivity (Wildman–Crippen MR) is 58.4 cm³/mol. The van der Waals surface area contributed by atoms with Crippen molar-refractivity contribution < 1.29 is 9.90 Å². The van der Waals surface area contributed by atoms with Gasteiger partial charge in [0.25, 0.3) is 0 Å². The Morgan fingerprint density at radius 3 is 2.29 bits per heavy atom. The van der Waals surface area contributed by atoms with E-state index in [9.17, 15) is 4.79 Å².